The van der Waals surface area contributed by atoms with Crippen molar-refractivity contribution in [2.75, 3.05) is 26.4 Å². The second kappa shape index (κ2) is 15.4. The van der Waals surface area contributed by atoms with E-state index in [4.69, 9.17) is 20.1 Å². The van der Waals surface area contributed by atoms with E-state index in [2.05, 4.69) is 64.4 Å². The summed E-state index contributed by atoms with van der Waals surface area (Å²) in [5.41, 5.74) is 0. The van der Waals surface area contributed by atoms with Gasteiger partial charge in [-0.25, -0.2) is 14.4 Å². The van der Waals surface area contributed by atoms with Gasteiger partial charge in [0.25, 0.3) is 0 Å². The first-order valence-corrected chi connectivity index (χ1v) is 10.3. The lowest BCUT2D eigenvalue weighted by Gasteiger charge is -2.05. The van der Waals surface area contributed by atoms with E-state index < -0.39 is 0 Å². The van der Waals surface area contributed by atoms with Crippen LogP contribution in [0.2, 0.25) is 0 Å². The van der Waals surface area contributed by atoms with E-state index in [1.165, 1.54) is 6.20 Å². The van der Waals surface area contributed by atoms with Crippen LogP contribution in [0.3, 0.4) is 0 Å². The minimum Gasteiger partial charge on any atom is -0.488 e. The highest BCUT2D eigenvalue weighted by Gasteiger charge is 2.01. The van der Waals surface area contributed by atoms with E-state index in [9.17, 15) is 4.39 Å². The van der Waals surface area contributed by atoms with Crippen molar-refractivity contribution >= 4 is 77.0 Å². The third kappa shape index (κ3) is 12.4. The van der Waals surface area contributed by atoms with Crippen LogP contribution in [0.5, 0.6) is 5.75 Å². The summed E-state index contributed by atoms with van der Waals surface area (Å²) in [5, 5.41) is 23.8. The lowest BCUT2D eigenvalue weighted by Crippen LogP contribution is -2.03. The molecule has 0 unspecified atom stereocenters. The van der Waals surface area contributed by atoms with Crippen molar-refractivity contribution in [3.05, 3.63) is 46.7 Å². The van der Waals surface area contributed by atoms with Gasteiger partial charge in [0.2, 0.25) is 0 Å². The van der Waals surface area contributed by atoms with Crippen molar-refractivity contribution in [3.8, 4) is 5.75 Å². The topological polar surface area (TPSA) is 95.7 Å². The van der Waals surface area contributed by atoms with Crippen LogP contribution >= 0.6 is 77.0 Å². The maximum atomic E-state index is 12.4. The van der Waals surface area contributed by atoms with Gasteiger partial charge >= 0.3 is 0 Å². The highest BCUT2D eigenvalue weighted by Crippen LogP contribution is 2.22. The SMILES string of the molecule is Fc1cnc(Br)cc1I.OCCO.OCCOc1cnc(Br)cc1I. The van der Waals surface area contributed by atoms with E-state index in [0.29, 0.717) is 20.5 Å². The average molecular weight is 708 g/mol. The van der Waals surface area contributed by atoms with Gasteiger partial charge in [-0.2, -0.15) is 0 Å². The molecule has 6 nitrogen and oxygen atoms in total. The molecule has 0 bridgehead atoms. The van der Waals surface area contributed by atoms with Crippen molar-refractivity contribution in [1.29, 1.82) is 0 Å². The molecule has 0 fully saturated rings. The third-order valence-corrected chi connectivity index (χ3v) is 4.55. The summed E-state index contributed by atoms with van der Waals surface area (Å²) in [6.45, 7) is 0.0749. The molecule has 2 aromatic heterocycles. The first-order valence-electron chi connectivity index (χ1n) is 6.58. The molecular weight excluding hydrogens is 693 g/mol. The number of hydrogen-bond donors (Lipinski definition) is 3. The predicted molar refractivity (Wildman–Crippen MR) is 116 cm³/mol. The van der Waals surface area contributed by atoms with Crippen molar-refractivity contribution in [2.24, 2.45) is 0 Å². The van der Waals surface area contributed by atoms with Crippen LogP contribution in [0.25, 0.3) is 0 Å². The number of hydrogen-bond acceptors (Lipinski definition) is 6. The fraction of sp³-hybridized carbons (Fsp3) is 0.286. The molecule has 0 atom stereocenters. The van der Waals surface area contributed by atoms with Crippen LogP contribution in [0.4, 0.5) is 4.39 Å². The van der Waals surface area contributed by atoms with Gasteiger partial charge < -0.3 is 20.1 Å². The first kappa shape index (κ1) is 25.3. The van der Waals surface area contributed by atoms with Gasteiger partial charge in [-0.15, -0.1) is 0 Å². The quantitative estimate of drug-likeness (QED) is 0.334. The van der Waals surface area contributed by atoms with Crippen molar-refractivity contribution in [3.63, 3.8) is 0 Å². The zero-order valence-electron chi connectivity index (χ0n) is 12.7. The molecule has 0 saturated carbocycles. The molecule has 2 aromatic rings. The zero-order valence-corrected chi connectivity index (χ0v) is 20.2. The average Bonchev–Trinajstić information content (AvgIpc) is 2.58. The molecule has 0 saturated heterocycles. The fourth-order valence-electron chi connectivity index (χ4n) is 1.05. The molecule has 0 aliphatic heterocycles. The molecule has 0 aliphatic carbocycles. The fourth-order valence-corrected chi connectivity index (χ4v) is 3.59. The highest BCUT2D eigenvalue weighted by atomic mass is 127. The van der Waals surface area contributed by atoms with Crippen molar-refractivity contribution < 1.29 is 24.4 Å². The van der Waals surface area contributed by atoms with Crippen molar-refractivity contribution in [2.45, 2.75) is 0 Å². The Hall–Kier alpha value is 0.330. The van der Waals surface area contributed by atoms with Gasteiger partial charge in [-0.05, 0) is 89.2 Å². The summed E-state index contributed by atoms with van der Waals surface area (Å²) in [5.74, 6) is 0.423. The number of halogens is 5. The van der Waals surface area contributed by atoms with Crippen LogP contribution in [-0.2, 0) is 0 Å². The lowest BCUT2D eigenvalue weighted by molar-refractivity contribution is 0.186. The molecule has 0 aliphatic rings. The van der Waals surface area contributed by atoms with E-state index in [-0.39, 0.29) is 25.6 Å². The summed E-state index contributed by atoms with van der Waals surface area (Å²) < 4.78 is 20.6. The number of aromatic nitrogens is 2. The Balaban J connectivity index is 0.000000391. The monoisotopic (exact) mass is 706 g/mol. The Morgan fingerprint density at radius 3 is 1.84 bits per heavy atom. The minimum atomic E-state index is -0.279. The molecule has 25 heavy (non-hydrogen) atoms. The van der Waals surface area contributed by atoms with Crippen LogP contribution < -0.4 is 4.74 Å². The Morgan fingerprint density at radius 1 is 0.920 bits per heavy atom. The second-order valence-corrected chi connectivity index (χ2v) is 7.83. The largest absolute Gasteiger partial charge is 0.488 e. The smallest absolute Gasteiger partial charge is 0.154 e. The van der Waals surface area contributed by atoms with Gasteiger partial charge in [-0.3, -0.25) is 0 Å². The summed E-state index contributed by atoms with van der Waals surface area (Å²) in [6, 6.07) is 3.48. The maximum absolute atomic E-state index is 12.4. The van der Waals surface area contributed by atoms with Gasteiger partial charge in [0, 0.05) is 0 Å². The molecule has 0 radical (unpaired) electrons. The van der Waals surface area contributed by atoms with Crippen LogP contribution in [0, 0.1) is 13.0 Å². The number of nitrogens with zero attached hydrogens (tertiary/aromatic N) is 2. The number of aliphatic hydroxyl groups is 3. The summed E-state index contributed by atoms with van der Waals surface area (Å²) in [7, 11) is 0. The maximum Gasteiger partial charge on any atom is 0.154 e. The Bertz CT molecular complexity index is 640. The minimum absolute atomic E-state index is 0.0200. The second-order valence-electron chi connectivity index (χ2n) is 3.88. The van der Waals surface area contributed by atoms with Crippen molar-refractivity contribution in [1.82, 2.24) is 9.97 Å². The van der Waals surface area contributed by atoms with E-state index in [1.807, 2.05) is 28.7 Å². The standard InChI is InChI=1S/C7H7BrINO2.C5H2BrFIN.C2H6O2/c8-7-3-5(9)6(4-10-7)12-2-1-11;6-5-1-4(8)3(7)2-9-5;3-1-2-4/h3-4,11H,1-2H2;1-2H;3-4H,1-2H2. The van der Waals surface area contributed by atoms with Crippen LogP contribution in [0.1, 0.15) is 0 Å². The molecule has 2 rings (SSSR count). The van der Waals surface area contributed by atoms with E-state index in [1.54, 1.807) is 12.3 Å². The van der Waals surface area contributed by atoms with E-state index in [0.717, 1.165) is 8.17 Å². The van der Waals surface area contributed by atoms with E-state index >= 15 is 0 Å². The molecule has 0 spiro atoms. The first-order chi connectivity index (χ1) is 11.8. The van der Waals surface area contributed by atoms with Crippen LogP contribution in [-0.4, -0.2) is 51.7 Å². The zero-order chi connectivity index (χ0) is 19.2. The van der Waals surface area contributed by atoms with Gasteiger partial charge in [-0.1, -0.05) is 0 Å². The van der Waals surface area contributed by atoms with Gasteiger partial charge in [0.1, 0.15) is 15.8 Å². The molecule has 140 valence electrons. The highest BCUT2D eigenvalue weighted by molar-refractivity contribution is 14.1. The third-order valence-electron chi connectivity index (χ3n) is 2.01. The Morgan fingerprint density at radius 2 is 1.44 bits per heavy atom. The molecule has 0 amide bonds. The molecule has 11 heteroatoms. The normalized spacial score (nSPS) is 9.44. The molecule has 3 N–H and O–H groups in total. The number of ether oxygens (including phenoxy) is 1. The molecule has 2 heterocycles. The summed E-state index contributed by atoms with van der Waals surface area (Å²) >= 11 is 10.4. The number of aliphatic hydroxyl groups excluding tert-OH is 3. The molecule has 0 aromatic carbocycles. The van der Waals surface area contributed by atoms with Gasteiger partial charge in [0.15, 0.2) is 11.6 Å². The summed E-state index contributed by atoms with van der Waals surface area (Å²) in [6.07, 6.45) is 2.81. The summed E-state index contributed by atoms with van der Waals surface area (Å²) in [4.78, 5) is 7.67. The Labute approximate surface area is 188 Å². The lowest BCUT2D eigenvalue weighted by atomic mass is 10.5. The predicted octanol–water partition coefficient (Wildman–Crippen LogP) is 3.38. The Kier molecular flexibility index (Phi) is 15.6. The van der Waals surface area contributed by atoms with Crippen LogP contribution in [0.15, 0.2) is 33.7 Å². The number of pyridine rings is 2. The number of rotatable bonds is 4. The molecular formula is C14H15Br2FI2N2O4. The van der Waals surface area contributed by atoms with Gasteiger partial charge in [0.05, 0.1) is 39.4 Å².